The lowest BCUT2D eigenvalue weighted by molar-refractivity contribution is 0.0744. The number of H-pyrrole nitrogens is 1. The monoisotopic (exact) mass is 324 g/mol. The van der Waals surface area contributed by atoms with Crippen LogP contribution in [0.1, 0.15) is 21.9 Å². The third kappa shape index (κ3) is 2.54. The molecule has 4 rings (SSSR count). The zero-order valence-corrected chi connectivity index (χ0v) is 13.9. The van der Waals surface area contributed by atoms with E-state index in [1.54, 1.807) is 0 Å². The summed E-state index contributed by atoms with van der Waals surface area (Å²) in [6, 6.07) is 9.83. The quantitative estimate of drug-likeness (QED) is 0.787. The standard InChI is InChI=1S/C18H20N4O2/c1-12-11-14(13(2)24-12)17(23)21-7-9-22(10-8-21)18-19-15-5-3-4-6-16(15)20-18/h3-6,11H,7-10H2,1-2H3,(H,19,20). The van der Waals surface area contributed by atoms with Crippen LogP contribution in [0.5, 0.6) is 0 Å². The zero-order chi connectivity index (χ0) is 16.7. The number of amides is 1. The molecule has 6 nitrogen and oxygen atoms in total. The van der Waals surface area contributed by atoms with Gasteiger partial charge in [0.1, 0.15) is 11.5 Å². The molecule has 0 radical (unpaired) electrons. The molecule has 0 saturated carbocycles. The summed E-state index contributed by atoms with van der Waals surface area (Å²) in [4.78, 5) is 24.7. The fourth-order valence-corrected chi connectivity index (χ4v) is 3.22. The SMILES string of the molecule is Cc1cc(C(=O)N2CCN(c3nc4ccccc4[nH]3)CC2)c(C)o1. The predicted octanol–water partition coefficient (Wildman–Crippen LogP) is 2.74. The summed E-state index contributed by atoms with van der Waals surface area (Å²) < 4.78 is 5.48. The van der Waals surface area contributed by atoms with Crippen molar-refractivity contribution >= 4 is 22.9 Å². The summed E-state index contributed by atoms with van der Waals surface area (Å²) in [6.45, 7) is 6.59. The molecule has 1 amide bonds. The molecule has 0 unspecified atom stereocenters. The van der Waals surface area contributed by atoms with E-state index in [2.05, 4.69) is 14.9 Å². The van der Waals surface area contributed by atoms with E-state index in [9.17, 15) is 4.79 Å². The highest BCUT2D eigenvalue weighted by atomic mass is 16.3. The Bertz CT molecular complexity index is 854. The average molecular weight is 324 g/mol. The van der Waals surface area contributed by atoms with Crippen molar-refractivity contribution in [3.8, 4) is 0 Å². The van der Waals surface area contributed by atoms with Crippen LogP contribution in [-0.4, -0.2) is 47.0 Å². The van der Waals surface area contributed by atoms with Gasteiger partial charge in [-0.3, -0.25) is 4.79 Å². The first-order chi connectivity index (χ1) is 11.6. The number of carbonyl (C=O) groups is 1. The van der Waals surface area contributed by atoms with Gasteiger partial charge in [0.05, 0.1) is 16.6 Å². The molecular formula is C18H20N4O2. The number of fused-ring (bicyclic) bond motifs is 1. The third-order valence-electron chi connectivity index (χ3n) is 4.51. The molecule has 1 aromatic carbocycles. The zero-order valence-electron chi connectivity index (χ0n) is 13.9. The summed E-state index contributed by atoms with van der Waals surface area (Å²) in [5.41, 5.74) is 2.68. The largest absolute Gasteiger partial charge is 0.466 e. The van der Waals surface area contributed by atoms with Crippen LogP contribution in [0.15, 0.2) is 34.7 Å². The molecule has 24 heavy (non-hydrogen) atoms. The second-order valence-electron chi connectivity index (χ2n) is 6.18. The van der Waals surface area contributed by atoms with Crippen LogP contribution in [0.4, 0.5) is 5.95 Å². The smallest absolute Gasteiger partial charge is 0.257 e. The predicted molar refractivity (Wildman–Crippen MR) is 92.4 cm³/mol. The van der Waals surface area contributed by atoms with Crippen molar-refractivity contribution in [1.82, 2.24) is 14.9 Å². The fourth-order valence-electron chi connectivity index (χ4n) is 3.22. The minimum Gasteiger partial charge on any atom is -0.466 e. The van der Waals surface area contributed by atoms with Gasteiger partial charge in [-0.15, -0.1) is 0 Å². The Morgan fingerprint density at radius 3 is 2.58 bits per heavy atom. The summed E-state index contributed by atoms with van der Waals surface area (Å²) in [5.74, 6) is 2.39. The number of hydrogen-bond acceptors (Lipinski definition) is 4. The number of anilines is 1. The minimum absolute atomic E-state index is 0.0496. The molecule has 1 saturated heterocycles. The fraction of sp³-hybridized carbons (Fsp3) is 0.333. The molecule has 2 aromatic heterocycles. The van der Waals surface area contributed by atoms with Gasteiger partial charge >= 0.3 is 0 Å². The maximum atomic E-state index is 12.6. The first-order valence-electron chi connectivity index (χ1n) is 8.18. The molecule has 0 aliphatic carbocycles. The van der Waals surface area contributed by atoms with Crippen molar-refractivity contribution in [3.63, 3.8) is 0 Å². The van der Waals surface area contributed by atoms with Crippen molar-refractivity contribution in [2.45, 2.75) is 13.8 Å². The van der Waals surface area contributed by atoms with Crippen LogP contribution in [0.3, 0.4) is 0 Å². The van der Waals surface area contributed by atoms with Gasteiger partial charge in [0, 0.05) is 26.2 Å². The maximum absolute atomic E-state index is 12.6. The number of benzene rings is 1. The van der Waals surface area contributed by atoms with Gasteiger partial charge in [0.25, 0.3) is 5.91 Å². The molecule has 3 aromatic rings. The Labute approximate surface area is 140 Å². The first-order valence-corrected chi connectivity index (χ1v) is 8.18. The van der Waals surface area contributed by atoms with Crippen LogP contribution >= 0.6 is 0 Å². The third-order valence-corrected chi connectivity index (χ3v) is 4.51. The Kier molecular flexibility index (Phi) is 3.52. The molecule has 124 valence electrons. The first kappa shape index (κ1) is 14.8. The van der Waals surface area contributed by atoms with Crippen molar-refractivity contribution in [2.24, 2.45) is 0 Å². The van der Waals surface area contributed by atoms with E-state index >= 15 is 0 Å². The second-order valence-corrected chi connectivity index (χ2v) is 6.18. The van der Waals surface area contributed by atoms with Gasteiger partial charge in [-0.2, -0.15) is 0 Å². The summed E-state index contributed by atoms with van der Waals surface area (Å²) in [6.07, 6.45) is 0. The Hall–Kier alpha value is -2.76. The number of carbonyl (C=O) groups excluding carboxylic acids is 1. The Morgan fingerprint density at radius 2 is 1.92 bits per heavy atom. The van der Waals surface area contributed by atoms with Crippen LogP contribution < -0.4 is 4.90 Å². The average Bonchev–Trinajstić information content (AvgIpc) is 3.17. The highest BCUT2D eigenvalue weighted by Crippen LogP contribution is 2.20. The lowest BCUT2D eigenvalue weighted by Gasteiger charge is -2.34. The van der Waals surface area contributed by atoms with Gasteiger partial charge in [0.2, 0.25) is 5.95 Å². The van der Waals surface area contributed by atoms with E-state index in [-0.39, 0.29) is 5.91 Å². The number of piperazine rings is 1. The number of aryl methyl sites for hydroxylation is 2. The molecule has 6 heteroatoms. The number of para-hydroxylation sites is 2. The summed E-state index contributed by atoms with van der Waals surface area (Å²) in [5, 5.41) is 0. The van der Waals surface area contributed by atoms with Gasteiger partial charge in [-0.25, -0.2) is 4.98 Å². The van der Waals surface area contributed by atoms with Gasteiger partial charge in [-0.05, 0) is 32.0 Å². The van der Waals surface area contributed by atoms with Gasteiger partial charge < -0.3 is 19.2 Å². The molecular weight excluding hydrogens is 304 g/mol. The van der Waals surface area contributed by atoms with E-state index in [1.165, 1.54) is 0 Å². The lowest BCUT2D eigenvalue weighted by Crippen LogP contribution is -2.49. The number of hydrogen-bond donors (Lipinski definition) is 1. The normalized spacial score (nSPS) is 15.2. The van der Waals surface area contributed by atoms with Gasteiger partial charge in [0.15, 0.2) is 0 Å². The molecule has 0 atom stereocenters. The molecule has 3 heterocycles. The number of aromatic nitrogens is 2. The molecule has 1 aliphatic rings. The Balaban J connectivity index is 1.46. The number of imidazole rings is 1. The summed E-state index contributed by atoms with van der Waals surface area (Å²) >= 11 is 0. The number of furan rings is 1. The van der Waals surface area contributed by atoms with Crippen LogP contribution in [0.2, 0.25) is 0 Å². The highest BCUT2D eigenvalue weighted by Gasteiger charge is 2.25. The Morgan fingerprint density at radius 1 is 1.17 bits per heavy atom. The van der Waals surface area contributed by atoms with Crippen LogP contribution in [0.25, 0.3) is 11.0 Å². The molecule has 0 spiro atoms. The molecule has 1 fully saturated rings. The molecule has 1 N–H and O–H groups in total. The molecule has 0 bridgehead atoms. The number of nitrogens with one attached hydrogen (secondary N) is 1. The van der Waals surface area contributed by atoms with Gasteiger partial charge in [-0.1, -0.05) is 12.1 Å². The number of aromatic amines is 1. The summed E-state index contributed by atoms with van der Waals surface area (Å²) in [7, 11) is 0. The minimum atomic E-state index is 0.0496. The van der Waals surface area contributed by atoms with Crippen molar-refractivity contribution in [1.29, 1.82) is 0 Å². The number of rotatable bonds is 2. The lowest BCUT2D eigenvalue weighted by atomic mass is 10.2. The van der Waals surface area contributed by atoms with E-state index in [4.69, 9.17) is 4.42 Å². The van der Waals surface area contributed by atoms with Crippen molar-refractivity contribution in [2.75, 3.05) is 31.1 Å². The van der Waals surface area contributed by atoms with E-state index in [0.717, 1.165) is 35.8 Å². The topological polar surface area (TPSA) is 65.4 Å². The highest BCUT2D eigenvalue weighted by molar-refractivity contribution is 5.95. The van der Waals surface area contributed by atoms with Crippen LogP contribution in [0, 0.1) is 13.8 Å². The molecule has 1 aliphatic heterocycles. The van der Waals surface area contributed by atoms with E-state index in [0.29, 0.717) is 24.4 Å². The maximum Gasteiger partial charge on any atom is 0.257 e. The van der Waals surface area contributed by atoms with E-state index in [1.807, 2.05) is 49.1 Å². The van der Waals surface area contributed by atoms with Crippen molar-refractivity contribution in [3.05, 3.63) is 47.4 Å². The van der Waals surface area contributed by atoms with Crippen LogP contribution in [-0.2, 0) is 0 Å². The van der Waals surface area contributed by atoms with Crippen molar-refractivity contribution < 1.29 is 9.21 Å². The second kappa shape index (κ2) is 5.70. The number of nitrogens with zero attached hydrogens (tertiary/aromatic N) is 3. The van der Waals surface area contributed by atoms with E-state index < -0.39 is 0 Å².